The van der Waals surface area contributed by atoms with Crippen LogP contribution in [-0.2, 0) is 14.3 Å². The van der Waals surface area contributed by atoms with Crippen molar-refractivity contribution in [3.63, 3.8) is 0 Å². The number of hydrogen-bond donors (Lipinski definition) is 1. The number of nitrogens with zero attached hydrogens (tertiary/aromatic N) is 1. The summed E-state index contributed by atoms with van der Waals surface area (Å²) in [5.74, 6) is 0.835. The fraction of sp³-hybridized carbons (Fsp3) is 0.500. The van der Waals surface area contributed by atoms with E-state index in [0.717, 1.165) is 18.0 Å². The van der Waals surface area contributed by atoms with E-state index in [-0.39, 0.29) is 17.9 Å². The second-order valence-corrected chi connectivity index (χ2v) is 6.07. The highest BCUT2D eigenvalue weighted by atomic mass is 16.6. The average Bonchev–Trinajstić information content (AvgIpc) is 3.20. The zero-order valence-electron chi connectivity index (χ0n) is 12.2. The van der Waals surface area contributed by atoms with Gasteiger partial charge in [0.25, 0.3) is 0 Å². The minimum Gasteiger partial charge on any atom is -0.491 e. The second-order valence-electron chi connectivity index (χ2n) is 6.07. The van der Waals surface area contributed by atoms with E-state index in [4.69, 9.17) is 9.47 Å². The third kappa shape index (κ3) is 2.33. The standard InChI is InChI=1S/C16H18N2O4/c19-14-5-7-16(17-14)8-6-15(20)18(16)11-1-3-12(4-2-11)21-9-13-10-22-13/h1-4,13H,5-10H2,(H,17,19). The molecular weight excluding hydrogens is 284 g/mol. The SMILES string of the molecule is O=C1CCC2(CCC(=O)N2c2ccc(OCC3CO3)cc2)N1. The molecule has 1 aromatic carbocycles. The summed E-state index contributed by atoms with van der Waals surface area (Å²) in [5.41, 5.74) is 0.276. The van der Waals surface area contributed by atoms with E-state index in [1.807, 2.05) is 24.3 Å². The van der Waals surface area contributed by atoms with E-state index < -0.39 is 5.66 Å². The Balaban J connectivity index is 1.53. The summed E-state index contributed by atoms with van der Waals surface area (Å²) in [6, 6.07) is 7.46. The van der Waals surface area contributed by atoms with Gasteiger partial charge in [-0.2, -0.15) is 0 Å². The van der Waals surface area contributed by atoms with Crippen molar-refractivity contribution >= 4 is 17.5 Å². The summed E-state index contributed by atoms with van der Waals surface area (Å²) in [4.78, 5) is 25.6. The van der Waals surface area contributed by atoms with E-state index in [9.17, 15) is 9.59 Å². The summed E-state index contributed by atoms with van der Waals surface area (Å²) in [6.07, 6.45) is 2.52. The molecule has 116 valence electrons. The zero-order chi connectivity index (χ0) is 15.2. The molecule has 3 aliphatic heterocycles. The summed E-state index contributed by atoms with van der Waals surface area (Å²) < 4.78 is 10.7. The van der Waals surface area contributed by atoms with Crippen LogP contribution < -0.4 is 15.0 Å². The fourth-order valence-corrected chi connectivity index (χ4v) is 3.27. The summed E-state index contributed by atoms with van der Waals surface area (Å²) in [5, 5.41) is 2.99. The van der Waals surface area contributed by atoms with Gasteiger partial charge in [-0.1, -0.05) is 0 Å². The lowest BCUT2D eigenvalue weighted by Crippen LogP contribution is -2.54. The normalized spacial score (nSPS) is 30.0. The number of hydrogen-bond acceptors (Lipinski definition) is 4. The predicted octanol–water partition coefficient (Wildman–Crippen LogP) is 1.20. The van der Waals surface area contributed by atoms with Crippen LogP contribution in [0.5, 0.6) is 5.75 Å². The lowest BCUT2D eigenvalue weighted by Gasteiger charge is -2.35. The Hall–Kier alpha value is -2.08. The van der Waals surface area contributed by atoms with Gasteiger partial charge < -0.3 is 14.8 Å². The van der Waals surface area contributed by atoms with Gasteiger partial charge in [-0.3, -0.25) is 14.5 Å². The van der Waals surface area contributed by atoms with E-state index in [2.05, 4.69) is 5.32 Å². The maximum atomic E-state index is 12.3. The van der Waals surface area contributed by atoms with Crippen LogP contribution >= 0.6 is 0 Å². The molecule has 22 heavy (non-hydrogen) atoms. The van der Waals surface area contributed by atoms with E-state index in [1.165, 1.54) is 0 Å². The highest BCUT2D eigenvalue weighted by Crippen LogP contribution is 2.39. The van der Waals surface area contributed by atoms with Crippen molar-refractivity contribution in [3.05, 3.63) is 24.3 Å². The first-order chi connectivity index (χ1) is 10.7. The molecule has 1 spiro atoms. The lowest BCUT2D eigenvalue weighted by atomic mass is 10.0. The highest BCUT2D eigenvalue weighted by Gasteiger charge is 2.50. The number of nitrogens with one attached hydrogen (secondary N) is 1. The predicted molar refractivity (Wildman–Crippen MR) is 78.5 cm³/mol. The van der Waals surface area contributed by atoms with E-state index in [1.54, 1.807) is 4.90 Å². The Morgan fingerprint density at radius 2 is 1.95 bits per heavy atom. The van der Waals surface area contributed by atoms with Crippen molar-refractivity contribution < 1.29 is 19.1 Å². The van der Waals surface area contributed by atoms with Crippen LogP contribution in [0.2, 0.25) is 0 Å². The topological polar surface area (TPSA) is 71.2 Å². The van der Waals surface area contributed by atoms with Gasteiger partial charge in [0.2, 0.25) is 11.8 Å². The van der Waals surface area contributed by atoms with Gasteiger partial charge >= 0.3 is 0 Å². The lowest BCUT2D eigenvalue weighted by molar-refractivity contribution is -0.119. The molecule has 0 radical (unpaired) electrons. The number of ether oxygens (including phenoxy) is 2. The Kier molecular flexibility index (Phi) is 3.07. The van der Waals surface area contributed by atoms with Crippen LogP contribution in [0.1, 0.15) is 25.7 Å². The highest BCUT2D eigenvalue weighted by molar-refractivity contribution is 5.99. The van der Waals surface area contributed by atoms with Gasteiger partial charge in [-0.25, -0.2) is 0 Å². The third-order valence-corrected chi connectivity index (χ3v) is 4.50. The number of epoxide rings is 1. The number of carbonyl (C=O) groups excluding carboxylic acids is 2. The first kappa shape index (κ1) is 13.6. The Morgan fingerprint density at radius 1 is 1.23 bits per heavy atom. The second kappa shape index (κ2) is 4.98. The molecular formula is C16H18N2O4. The molecule has 1 N–H and O–H groups in total. The molecule has 0 bridgehead atoms. The summed E-state index contributed by atoms with van der Waals surface area (Å²) in [6.45, 7) is 1.32. The van der Waals surface area contributed by atoms with Gasteiger partial charge in [-0.05, 0) is 37.1 Å². The molecule has 3 saturated heterocycles. The molecule has 2 amide bonds. The number of anilines is 1. The van der Waals surface area contributed by atoms with Crippen LogP contribution in [0.15, 0.2) is 24.3 Å². The van der Waals surface area contributed by atoms with Gasteiger partial charge in [0.1, 0.15) is 24.1 Å². The maximum absolute atomic E-state index is 12.3. The molecule has 6 heteroatoms. The number of amides is 2. The average molecular weight is 302 g/mol. The fourth-order valence-electron chi connectivity index (χ4n) is 3.27. The first-order valence-corrected chi connectivity index (χ1v) is 7.65. The molecule has 0 aliphatic carbocycles. The van der Waals surface area contributed by atoms with Crippen LogP contribution in [0, 0.1) is 0 Å². The summed E-state index contributed by atoms with van der Waals surface area (Å²) >= 11 is 0. The number of carbonyl (C=O) groups is 2. The monoisotopic (exact) mass is 302 g/mol. The zero-order valence-corrected chi connectivity index (χ0v) is 12.2. The molecule has 2 atom stereocenters. The molecule has 1 aromatic rings. The minimum atomic E-state index is -0.529. The van der Waals surface area contributed by atoms with Gasteiger partial charge in [0.15, 0.2) is 0 Å². The largest absolute Gasteiger partial charge is 0.491 e. The molecule has 3 aliphatic rings. The quantitative estimate of drug-likeness (QED) is 0.848. The van der Waals surface area contributed by atoms with Crippen LogP contribution in [-0.4, -0.2) is 36.8 Å². The molecule has 3 fully saturated rings. The van der Waals surface area contributed by atoms with Crippen LogP contribution in [0.25, 0.3) is 0 Å². The third-order valence-electron chi connectivity index (χ3n) is 4.50. The van der Waals surface area contributed by atoms with Gasteiger partial charge in [0.05, 0.1) is 6.61 Å². The number of rotatable bonds is 4. The summed E-state index contributed by atoms with van der Waals surface area (Å²) in [7, 11) is 0. The van der Waals surface area contributed by atoms with Gasteiger partial charge in [0, 0.05) is 18.5 Å². The molecule has 6 nitrogen and oxygen atoms in total. The van der Waals surface area contributed by atoms with Crippen molar-refractivity contribution in [3.8, 4) is 5.75 Å². The van der Waals surface area contributed by atoms with Gasteiger partial charge in [-0.15, -0.1) is 0 Å². The minimum absolute atomic E-state index is 0.0177. The molecule has 0 aromatic heterocycles. The first-order valence-electron chi connectivity index (χ1n) is 7.65. The molecule has 4 rings (SSSR count). The van der Waals surface area contributed by atoms with E-state index >= 15 is 0 Å². The molecule has 2 unspecified atom stereocenters. The Bertz CT molecular complexity index is 607. The van der Waals surface area contributed by atoms with Crippen molar-refractivity contribution in [1.29, 1.82) is 0 Å². The molecule has 0 saturated carbocycles. The maximum Gasteiger partial charge on any atom is 0.229 e. The Morgan fingerprint density at radius 3 is 2.59 bits per heavy atom. The van der Waals surface area contributed by atoms with Crippen LogP contribution in [0.3, 0.4) is 0 Å². The Labute approximate surface area is 128 Å². The number of benzene rings is 1. The molecule has 3 heterocycles. The van der Waals surface area contributed by atoms with E-state index in [0.29, 0.717) is 32.3 Å². The smallest absolute Gasteiger partial charge is 0.229 e. The van der Waals surface area contributed by atoms with Crippen molar-refractivity contribution in [2.75, 3.05) is 18.1 Å². The van der Waals surface area contributed by atoms with Crippen molar-refractivity contribution in [2.24, 2.45) is 0 Å². The van der Waals surface area contributed by atoms with Crippen molar-refractivity contribution in [1.82, 2.24) is 5.32 Å². The van der Waals surface area contributed by atoms with Crippen molar-refractivity contribution in [2.45, 2.75) is 37.5 Å². The van der Waals surface area contributed by atoms with Crippen LogP contribution in [0.4, 0.5) is 5.69 Å².